The van der Waals surface area contributed by atoms with Gasteiger partial charge in [0.2, 0.25) is 0 Å². The van der Waals surface area contributed by atoms with Crippen LogP contribution in [0.3, 0.4) is 0 Å². The van der Waals surface area contributed by atoms with Gasteiger partial charge in [0.25, 0.3) is 0 Å². The molecule has 0 radical (unpaired) electrons. The molecule has 0 aliphatic rings. The van der Waals surface area contributed by atoms with Crippen LogP contribution in [0.1, 0.15) is 24.8 Å². The van der Waals surface area contributed by atoms with Crippen LogP contribution in [-0.2, 0) is 6.54 Å². The van der Waals surface area contributed by atoms with E-state index in [9.17, 15) is 0 Å². The van der Waals surface area contributed by atoms with E-state index in [0.29, 0.717) is 0 Å². The largest absolute Gasteiger partial charge is 0.313 e. The summed E-state index contributed by atoms with van der Waals surface area (Å²) in [4.78, 5) is 4.07. The van der Waals surface area contributed by atoms with Crippen molar-refractivity contribution in [3.8, 4) is 0 Å². The predicted octanol–water partition coefficient (Wildman–Crippen LogP) is 2.78. The van der Waals surface area contributed by atoms with Gasteiger partial charge in [0.05, 0.1) is 0 Å². The van der Waals surface area contributed by atoms with Crippen molar-refractivity contribution in [2.45, 2.75) is 25.8 Å². The molecule has 0 unspecified atom stereocenters. The number of aromatic nitrogens is 1. The zero-order valence-corrected chi connectivity index (χ0v) is 10.5. The van der Waals surface area contributed by atoms with Gasteiger partial charge < -0.3 is 5.32 Å². The molecule has 0 amide bonds. The van der Waals surface area contributed by atoms with Crippen LogP contribution in [0.5, 0.6) is 0 Å². The highest BCUT2D eigenvalue weighted by Gasteiger charge is 1.91. The van der Waals surface area contributed by atoms with Crippen LogP contribution >= 0.6 is 22.6 Å². The Labute approximate surface area is 99.7 Å². The molecular formula is C11H17IN2. The normalized spacial score (nSPS) is 10.4. The Kier molecular flexibility index (Phi) is 6.95. The third-order valence-corrected chi connectivity index (χ3v) is 2.80. The molecule has 0 aliphatic carbocycles. The number of nitrogens with zero attached hydrogens (tertiary/aromatic N) is 1. The average molecular weight is 304 g/mol. The zero-order chi connectivity index (χ0) is 10.1. The lowest BCUT2D eigenvalue weighted by molar-refractivity contribution is 0.619. The van der Waals surface area contributed by atoms with Gasteiger partial charge >= 0.3 is 0 Å². The third kappa shape index (κ3) is 5.54. The van der Waals surface area contributed by atoms with Gasteiger partial charge in [-0.1, -0.05) is 35.1 Å². The van der Waals surface area contributed by atoms with Crippen molar-refractivity contribution < 1.29 is 0 Å². The van der Waals surface area contributed by atoms with Crippen molar-refractivity contribution in [3.05, 3.63) is 30.1 Å². The number of alkyl halides is 1. The Morgan fingerprint density at radius 3 is 2.93 bits per heavy atom. The lowest BCUT2D eigenvalue weighted by atomic mass is 10.2. The van der Waals surface area contributed by atoms with Gasteiger partial charge in [-0.05, 0) is 35.4 Å². The summed E-state index contributed by atoms with van der Waals surface area (Å²) in [6, 6.07) is 4.08. The lowest BCUT2D eigenvalue weighted by Crippen LogP contribution is -2.14. The number of unbranched alkanes of at least 4 members (excludes halogenated alkanes) is 2. The first kappa shape index (κ1) is 11.9. The van der Waals surface area contributed by atoms with Crippen LogP contribution in [-0.4, -0.2) is 16.0 Å². The van der Waals surface area contributed by atoms with E-state index in [2.05, 4.69) is 39.0 Å². The van der Waals surface area contributed by atoms with Crippen LogP contribution in [0.4, 0.5) is 0 Å². The van der Waals surface area contributed by atoms with Crippen molar-refractivity contribution in [2.75, 3.05) is 11.0 Å². The molecule has 0 saturated heterocycles. The number of hydrogen-bond donors (Lipinski definition) is 1. The summed E-state index contributed by atoms with van der Waals surface area (Å²) in [6.07, 6.45) is 7.68. The summed E-state index contributed by atoms with van der Waals surface area (Å²) in [7, 11) is 0. The molecule has 0 fully saturated rings. The second kappa shape index (κ2) is 8.17. The Hall–Kier alpha value is -0.160. The standard InChI is InChI=1S/C11H17IN2/c12-6-2-1-3-7-13-9-11-5-4-8-14-10-11/h4-5,8,10,13H,1-3,6-7,9H2. The molecule has 0 saturated carbocycles. The second-order valence-corrected chi connectivity index (χ2v) is 4.37. The summed E-state index contributed by atoms with van der Waals surface area (Å²) in [6.45, 7) is 2.06. The van der Waals surface area contributed by atoms with Crippen molar-refractivity contribution >= 4 is 22.6 Å². The third-order valence-electron chi connectivity index (χ3n) is 2.04. The summed E-state index contributed by atoms with van der Waals surface area (Å²) < 4.78 is 1.28. The van der Waals surface area contributed by atoms with Crippen LogP contribution in [0.15, 0.2) is 24.5 Å². The molecule has 2 nitrogen and oxygen atoms in total. The fourth-order valence-electron chi connectivity index (χ4n) is 1.26. The first-order chi connectivity index (χ1) is 6.93. The monoisotopic (exact) mass is 304 g/mol. The van der Waals surface area contributed by atoms with Gasteiger partial charge in [-0.15, -0.1) is 0 Å². The van der Waals surface area contributed by atoms with E-state index in [1.54, 1.807) is 0 Å². The van der Waals surface area contributed by atoms with Gasteiger partial charge in [0.15, 0.2) is 0 Å². The maximum absolute atomic E-state index is 4.07. The van der Waals surface area contributed by atoms with Gasteiger partial charge in [-0.25, -0.2) is 0 Å². The second-order valence-electron chi connectivity index (χ2n) is 3.29. The smallest absolute Gasteiger partial charge is 0.0312 e. The number of rotatable bonds is 7. The maximum atomic E-state index is 4.07. The Morgan fingerprint density at radius 2 is 2.21 bits per heavy atom. The van der Waals surface area contributed by atoms with Crippen LogP contribution in [0.2, 0.25) is 0 Å². The summed E-state index contributed by atoms with van der Waals surface area (Å²) in [5, 5.41) is 3.42. The van der Waals surface area contributed by atoms with E-state index >= 15 is 0 Å². The topological polar surface area (TPSA) is 24.9 Å². The maximum Gasteiger partial charge on any atom is 0.0312 e. The van der Waals surface area contributed by atoms with E-state index in [-0.39, 0.29) is 0 Å². The van der Waals surface area contributed by atoms with Crippen molar-refractivity contribution in [1.29, 1.82) is 0 Å². The molecule has 1 rings (SSSR count). The highest BCUT2D eigenvalue weighted by molar-refractivity contribution is 14.1. The predicted molar refractivity (Wildman–Crippen MR) is 68.7 cm³/mol. The number of nitrogens with one attached hydrogen (secondary N) is 1. The van der Waals surface area contributed by atoms with E-state index in [0.717, 1.165) is 13.1 Å². The molecular weight excluding hydrogens is 287 g/mol. The fourth-order valence-corrected chi connectivity index (χ4v) is 1.80. The molecule has 0 aromatic carbocycles. The van der Waals surface area contributed by atoms with Crippen LogP contribution in [0.25, 0.3) is 0 Å². The molecule has 14 heavy (non-hydrogen) atoms. The van der Waals surface area contributed by atoms with E-state index < -0.39 is 0 Å². The van der Waals surface area contributed by atoms with Crippen molar-refractivity contribution in [3.63, 3.8) is 0 Å². The Balaban J connectivity index is 1.99. The summed E-state index contributed by atoms with van der Waals surface area (Å²) in [5.41, 5.74) is 1.27. The van der Waals surface area contributed by atoms with Crippen molar-refractivity contribution in [1.82, 2.24) is 10.3 Å². The first-order valence-electron chi connectivity index (χ1n) is 5.09. The minimum Gasteiger partial charge on any atom is -0.313 e. The molecule has 1 aromatic heterocycles. The summed E-state index contributed by atoms with van der Waals surface area (Å²) in [5.74, 6) is 0. The first-order valence-corrected chi connectivity index (χ1v) is 6.61. The molecule has 1 N–H and O–H groups in total. The molecule has 0 atom stereocenters. The SMILES string of the molecule is ICCCCCNCc1cccnc1. The molecule has 1 aromatic rings. The molecule has 78 valence electrons. The molecule has 3 heteroatoms. The van der Waals surface area contributed by atoms with Gasteiger partial charge in [-0.3, -0.25) is 4.98 Å². The molecule has 1 heterocycles. The molecule has 0 aliphatic heterocycles. The highest BCUT2D eigenvalue weighted by Crippen LogP contribution is 1.98. The highest BCUT2D eigenvalue weighted by atomic mass is 127. The van der Waals surface area contributed by atoms with Gasteiger partial charge in [-0.2, -0.15) is 0 Å². The Bertz CT molecular complexity index is 226. The van der Waals surface area contributed by atoms with Gasteiger partial charge in [0.1, 0.15) is 0 Å². The fraction of sp³-hybridized carbons (Fsp3) is 0.545. The number of pyridine rings is 1. The number of hydrogen-bond acceptors (Lipinski definition) is 2. The minimum absolute atomic E-state index is 0.943. The van der Waals surface area contributed by atoms with Gasteiger partial charge in [0, 0.05) is 18.9 Å². The summed E-state index contributed by atoms with van der Waals surface area (Å²) >= 11 is 2.43. The average Bonchev–Trinajstić information content (AvgIpc) is 2.25. The van der Waals surface area contributed by atoms with Crippen molar-refractivity contribution in [2.24, 2.45) is 0 Å². The quantitative estimate of drug-likeness (QED) is 0.476. The molecule has 0 spiro atoms. The Morgan fingerprint density at radius 1 is 1.29 bits per heavy atom. The molecule has 0 bridgehead atoms. The van der Waals surface area contributed by atoms with E-state index in [4.69, 9.17) is 0 Å². The number of halogens is 1. The lowest BCUT2D eigenvalue weighted by Gasteiger charge is -2.03. The van der Waals surface area contributed by atoms with Crippen LogP contribution in [0, 0.1) is 0 Å². The zero-order valence-electron chi connectivity index (χ0n) is 8.38. The minimum atomic E-state index is 0.943. The van der Waals surface area contributed by atoms with E-state index in [1.807, 2.05) is 18.5 Å². The van der Waals surface area contributed by atoms with E-state index in [1.165, 1.54) is 29.3 Å². The van der Waals surface area contributed by atoms with Crippen LogP contribution < -0.4 is 5.32 Å².